The van der Waals surface area contributed by atoms with E-state index in [4.69, 9.17) is 0 Å². The van der Waals surface area contributed by atoms with Crippen molar-refractivity contribution in [1.82, 2.24) is 10.6 Å². The molecule has 3 fully saturated rings. The van der Waals surface area contributed by atoms with Crippen LogP contribution in [0.4, 0.5) is 0 Å². The van der Waals surface area contributed by atoms with Gasteiger partial charge in [-0.3, -0.25) is 4.79 Å². The topological polar surface area (TPSA) is 41.1 Å². The highest BCUT2D eigenvalue weighted by Gasteiger charge is 2.57. The summed E-state index contributed by atoms with van der Waals surface area (Å²) in [5, 5.41) is 6.49. The lowest BCUT2D eigenvalue weighted by Gasteiger charge is -2.33. The zero-order valence-electron chi connectivity index (χ0n) is 9.03. The lowest BCUT2D eigenvalue weighted by atomic mass is 9.82. The maximum atomic E-state index is 11.8. The van der Waals surface area contributed by atoms with Crippen LogP contribution in [0.25, 0.3) is 0 Å². The van der Waals surface area contributed by atoms with Crippen molar-refractivity contribution in [2.75, 3.05) is 13.1 Å². The molecule has 0 spiro atoms. The molecule has 0 aromatic rings. The van der Waals surface area contributed by atoms with Gasteiger partial charge in [-0.1, -0.05) is 6.92 Å². The Balaban J connectivity index is 0.000000853. The van der Waals surface area contributed by atoms with Crippen molar-refractivity contribution < 1.29 is 4.79 Å². The van der Waals surface area contributed by atoms with Crippen LogP contribution in [0, 0.1) is 23.7 Å². The largest absolute Gasteiger partial charge is 0.353 e. The maximum absolute atomic E-state index is 11.8. The van der Waals surface area contributed by atoms with Crippen LogP contribution < -0.4 is 10.6 Å². The summed E-state index contributed by atoms with van der Waals surface area (Å²) in [4.78, 5) is 11.8. The van der Waals surface area contributed by atoms with Gasteiger partial charge in [-0.25, -0.2) is 0 Å². The van der Waals surface area contributed by atoms with Crippen LogP contribution in [0.2, 0.25) is 0 Å². The third kappa shape index (κ3) is 1.87. The van der Waals surface area contributed by atoms with E-state index in [0.29, 0.717) is 29.7 Å². The molecule has 3 aliphatic rings. The van der Waals surface area contributed by atoms with E-state index < -0.39 is 0 Å². The number of hydrogen-bond donors (Lipinski definition) is 2. The fourth-order valence-electron chi connectivity index (χ4n) is 3.12. The Hall–Kier alpha value is -0.280. The summed E-state index contributed by atoms with van der Waals surface area (Å²) in [5.74, 6) is 2.83. The van der Waals surface area contributed by atoms with E-state index in [0.717, 1.165) is 19.0 Å². The third-order valence-corrected chi connectivity index (χ3v) is 4.11. The maximum Gasteiger partial charge on any atom is 0.224 e. The molecule has 3 atom stereocenters. The first-order valence-electron chi connectivity index (χ1n) is 5.77. The zero-order valence-corrected chi connectivity index (χ0v) is 9.85. The molecular formula is C11H19ClN2O. The average molecular weight is 231 g/mol. The summed E-state index contributed by atoms with van der Waals surface area (Å²) < 4.78 is 0. The van der Waals surface area contributed by atoms with Gasteiger partial charge in [0.05, 0.1) is 0 Å². The van der Waals surface area contributed by atoms with Crippen LogP contribution in [-0.2, 0) is 4.79 Å². The van der Waals surface area contributed by atoms with Crippen LogP contribution >= 0.6 is 12.4 Å². The molecule has 15 heavy (non-hydrogen) atoms. The van der Waals surface area contributed by atoms with Gasteiger partial charge in [0.1, 0.15) is 0 Å². The molecule has 0 aromatic carbocycles. The Bertz CT molecular complexity index is 255. The Morgan fingerprint density at radius 1 is 1.27 bits per heavy atom. The van der Waals surface area contributed by atoms with E-state index in [1.807, 2.05) is 0 Å². The quantitative estimate of drug-likeness (QED) is 0.737. The molecule has 1 saturated heterocycles. The summed E-state index contributed by atoms with van der Waals surface area (Å²) >= 11 is 0. The number of hydrogen-bond acceptors (Lipinski definition) is 2. The molecule has 3 nitrogen and oxygen atoms in total. The molecule has 1 heterocycles. The zero-order chi connectivity index (χ0) is 9.71. The van der Waals surface area contributed by atoms with Crippen molar-refractivity contribution in [2.45, 2.75) is 25.8 Å². The Morgan fingerprint density at radius 3 is 2.40 bits per heavy atom. The Kier molecular flexibility index (Phi) is 2.95. The molecule has 0 radical (unpaired) electrons. The van der Waals surface area contributed by atoms with E-state index in [9.17, 15) is 4.79 Å². The number of halogens is 1. The van der Waals surface area contributed by atoms with Crippen molar-refractivity contribution in [1.29, 1.82) is 0 Å². The second-order valence-corrected chi connectivity index (χ2v) is 5.29. The summed E-state index contributed by atoms with van der Waals surface area (Å²) in [5.41, 5.74) is 0. The normalized spacial score (nSPS) is 46.1. The second kappa shape index (κ2) is 3.95. The number of nitrogens with one attached hydrogen (secondary N) is 2. The smallest absolute Gasteiger partial charge is 0.224 e. The lowest BCUT2D eigenvalue weighted by Crippen LogP contribution is -2.44. The van der Waals surface area contributed by atoms with Gasteiger partial charge in [-0.05, 0) is 43.7 Å². The van der Waals surface area contributed by atoms with Gasteiger partial charge in [0.25, 0.3) is 0 Å². The molecule has 2 aliphatic carbocycles. The van der Waals surface area contributed by atoms with E-state index in [1.165, 1.54) is 12.8 Å². The van der Waals surface area contributed by atoms with Crippen molar-refractivity contribution in [3.05, 3.63) is 0 Å². The summed E-state index contributed by atoms with van der Waals surface area (Å²) in [6.07, 6.45) is 2.37. The van der Waals surface area contributed by atoms with Crippen molar-refractivity contribution in [3.63, 3.8) is 0 Å². The summed E-state index contributed by atoms with van der Waals surface area (Å²) in [7, 11) is 0. The minimum absolute atomic E-state index is 0. The standard InChI is InChI=1S/C11H18N2O.ClH/c1-6-2-7(3-6)13-11(14)10-8-4-12-5-9(8)10;/h6-10,12H,2-5H2,1H3,(H,13,14);1H/t6?,7?,8-,9+,10?;. The number of amides is 1. The molecule has 2 saturated carbocycles. The summed E-state index contributed by atoms with van der Waals surface area (Å²) in [6, 6.07) is 0.492. The summed E-state index contributed by atoms with van der Waals surface area (Å²) in [6.45, 7) is 4.37. The molecule has 0 bridgehead atoms. The van der Waals surface area contributed by atoms with Gasteiger partial charge < -0.3 is 10.6 Å². The SMILES string of the molecule is CC1CC(NC(=O)C2[C@H]3CNC[C@@H]23)C1.Cl. The predicted molar refractivity (Wildman–Crippen MR) is 60.9 cm³/mol. The van der Waals surface area contributed by atoms with Crippen molar-refractivity contribution >= 4 is 18.3 Å². The number of fused-ring (bicyclic) bond motifs is 1. The van der Waals surface area contributed by atoms with E-state index in [2.05, 4.69) is 17.6 Å². The second-order valence-electron chi connectivity index (χ2n) is 5.29. The van der Waals surface area contributed by atoms with Gasteiger partial charge >= 0.3 is 0 Å². The molecule has 1 aliphatic heterocycles. The molecule has 86 valence electrons. The fraction of sp³-hybridized carbons (Fsp3) is 0.909. The van der Waals surface area contributed by atoms with Gasteiger partial charge in [0.15, 0.2) is 0 Å². The Morgan fingerprint density at radius 2 is 1.87 bits per heavy atom. The van der Waals surface area contributed by atoms with E-state index in [1.54, 1.807) is 0 Å². The minimum atomic E-state index is 0. The highest BCUT2D eigenvalue weighted by molar-refractivity contribution is 5.85. The molecule has 3 rings (SSSR count). The molecule has 4 heteroatoms. The number of rotatable bonds is 2. The molecule has 1 unspecified atom stereocenters. The van der Waals surface area contributed by atoms with Crippen molar-refractivity contribution in [2.24, 2.45) is 23.7 Å². The first-order chi connectivity index (χ1) is 6.75. The first kappa shape index (κ1) is 11.2. The number of carbonyl (C=O) groups excluding carboxylic acids is 1. The molecular weight excluding hydrogens is 212 g/mol. The molecule has 2 N–H and O–H groups in total. The van der Waals surface area contributed by atoms with Gasteiger partial charge in [-0.2, -0.15) is 0 Å². The number of piperidine rings is 1. The minimum Gasteiger partial charge on any atom is -0.353 e. The van der Waals surface area contributed by atoms with Crippen molar-refractivity contribution in [3.8, 4) is 0 Å². The van der Waals surface area contributed by atoms with E-state index >= 15 is 0 Å². The average Bonchev–Trinajstić information content (AvgIpc) is 2.58. The third-order valence-electron chi connectivity index (χ3n) is 4.11. The monoisotopic (exact) mass is 230 g/mol. The number of carbonyl (C=O) groups is 1. The molecule has 0 aromatic heterocycles. The van der Waals surface area contributed by atoms with Gasteiger partial charge in [-0.15, -0.1) is 12.4 Å². The lowest BCUT2D eigenvalue weighted by molar-refractivity contribution is -0.124. The highest BCUT2D eigenvalue weighted by atomic mass is 35.5. The highest BCUT2D eigenvalue weighted by Crippen LogP contribution is 2.48. The van der Waals surface area contributed by atoms with Crippen LogP contribution in [0.3, 0.4) is 0 Å². The fourth-order valence-corrected chi connectivity index (χ4v) is 3.12. The predicted octanol–water partition coefficient (Wildman–Crippen LogP) is 0.788. The van der Waals surface area contributed by atoms with Crippen LogP contribution in [0.5, 0.6) is 0 Å². The van der Waals surface area contributed by atoms with Gasteiger partial charge in [0.2, 0.25) is 5.91 Å². The van der Waals surface area contributed by atoms with Crippen LogP contribution in [0.15, 0.2) is 0 Å². The van der Waals surface area contributed by atoms with Crippen LogP contribution in [-0.4, -0.2) is 25.0 Å². The first-order valence-corrected chi connectivity index (χ1v) is 5.77. The van der Waals surface area contributed by atoms with Gasteiger partial charge in [0, 0.05) is 12.0 Å². The van der Waals surface area contributed by atoms with Crippen LogP contribution in [0.1, 0.15) is 19.8 Å². The van der Waals surface area contributed by atoms with E-state index in [-0.39, 0.29) is 12.4 Å². The Labute approximate surface area is 96.8 Å². The molecule has 1 amide bonds.